The van der Waals surface area contributed by atoms with Crippen molar-refractivity contribution in [2.75, 3.05) is 33.4 Å². The first-order valence-corrected chi connectivity index (χ1v) is 7.95. The molecule has 1 aliphatic heterocycles. The monoisotopic (exact) mass is 286 g/mol. The van der Waals surface area contributed by atoms with Crippen molar-refractivity contribution in [2.24, 2.45) is 0 Å². The van der Waals surface area contributed by atoms with Crippen molar-refractivity contribution in [1.82, 2.24) is 10.2 Å². The normalized spacial score (nSPS) is 24.0. The Hall–Kier alpha value is -0.160. The maximum Gasteiger partial charge on any atom is 0.0707 e. The molecule has 120 valence electrons. The third-order valence-electron chi connectivity index (χ3n) is 3.81. The van der Waals surface area contributed by atoms with Crippen molar-refractivity contribution in [1.29, 1.82) is 0 Å². The van der Waals surface area contributed by atoms with Crippen LogP contribution in [0.5, 0.6) is 0 Å². The topological polar surface area (TPSA) is 33.7 Å². The van der Waals surface area contributed by atoms with Crippen molar-refractivity contribution in [3.8, 4) is 0 Å². The minimum absolute atomic E-state index is 0.171. The average molecular weight is 286 g/mol. The molecule has 0 amide bonds. The Morgan fingerprint density at radius 3 is 2.45 bits per heavy atom. The summed E-state index contributed by atoms with van der Waals surface area (Å²) in [6, 6.07) is 0.542. The van der Waals surface area contributed by atoms with Crippen LogP contribution in [0.3, 0.4) is 0 Å². The second-order valence-corrected chi connectivity index (χ2v) is 7.17. The van der Waals surface area contributed by atoms with Crippen LogP contribution in [0.4, 0.5) is 0 Å². The molecule has 0 spiro atoms. The van der Waals surface area contributed by atoms with Gasteiger partial charge in [0.1, 0.15) is 0 Å². The number of nitrogens with one attached hydrogen (secondary N) is 1. The van der Waals surface area contributed by atoms with Gasteiger partial charge in [0.2, 0.25) is 0 Å². The number of rotatable bonds is 8. The van der Waals surface area contributed by atoms with Crippen molar-refractivity contribution in [3.63, 3.8) is 0 Å². The summed E-state index contributed by atoms with van der Waals surface area (Å²) in [5.74, 6) is 0. The predicted octanol–water partition coefficient (Wildman–Crippen LogP) is 2.28. The second kappa shape index (κ2) is 8.32. The van der Waals surface area contributed by atoms with Gasteiger partial charge in [-0.1, -0.05) is 0 Å². The molecule has 1 aliphatic rings. The van der Waals surface area contributed by atoms with E-state index in [1.165, 1.54) is 12.8 Å². The van der Waals surface area contributed by atoms with Gasteiger partial charge in [0, 0.05) is 38.3 Å². The summed E-state index contributed by atoms with van der Waals surface area (Å²) in [7, 11) is 1.76. The van der Waals surface area contributed by atoms with Crippen LogP contribution in [0.1, 0.15) is 47.5 Å². The van der Waals surface area contributed by atoms with E-state index in [-0.39, 0.29) is 5.54 Å². The van der Waals surface area contributed by atoms with Gasteiger partial charge >= 0.3 is 0 Å². The van der Waals surface area contributed by atoms with Gasteiger partial charge in [0.15, 0.2) is 0 Å². The Morgan fingerprint density at radius 2 is 1.90 bits per heavy atom. The van der Waals surface area contributed by atoms with Crippen LogP contribution in [-0.4, -0.2) is 62.0 Å². The van der Waals surface area contributed by atoms with Crippen LogP contribution in [0.2, 0.25) is 0 Å². The molecule has 0 bridgehead atoms. The molecule has 1 fully saturated rings. The minimum Gasteiger partial charge on any atom is -0.383 e. The summed E-state index contributed by atoms with van der Waals surface area (Å²) in [6.07, 6.45) is 3.09. The molecule has 0 radical (unpaired) electrons. The molecule has 4 heteroatoms. The molecule has 0 aliphatic carbocycles. The minimum atomic E-state index is 0.171. The smallest absolute Gasteiger partial charge is 0.0707 e. The van der Waals surface area contributed by atoms with Crippen molar-refractivity contribution in [3.05, 3.63) is 0 Å². The molecule has 2 unspecified atom stereocenters. The van der Waals surface area contributed by atoms with Gasteiger partial charge in [-0.25, -0.2) is 0 Å². The SMILES string of the molecule is COCCN(CC1CCC(CNC(C)(C)C)O1)C(C)C. The Bertz CT molecular complexity index is 264. The Morgan fingerprint density at radius 1 is 1.25 bits per heavy atom. The van der Waals surface area contributed by atoms with Gasteiger partial charge in [-0.05, 0) is 47.5 Å². The van der Waals surface area contributed by atoms with Crippen LogP contribution in [0, 0.1) is 0 Å². The molecule has 0 aromatic rings. The molecular formula is C16H34N2O2. The molecule has 4 nitrogen and oxygen atoms in total. The molecule has 1 rings (SSSR count). The van der Waals surface area contributed by atoms with Gasteiger partial charge < -0.3 is 14.8 Å². The van der Waals surface area contributed by atoms with Crippen molar-refractivity contribution >= 4 is 0 Å². The van der Waals surface area contributed by atoms with E-state index in [1.807, 2.05) is 0 Å². The van der Waals surface area contributed by atoms with Gasteiger partial charge in [-0.3, -0.25) is 4.90 Å². The average Bonchev–Trinajstić information content (AvgIpc) is 2.78. The second-order valence-electron chi connectivity index (χ2n) is 7.17. The zero-order chi connectivity index (χ0) is 15.2. The lowest BCUT2D eigenvalue weighted by atomic mass is 10.1. The Balaban J connectivity index is 2.31. The van der Waals surface area contributed by atoms with E-state index in [4.69, 9.17) is 9.47 Å². The highest BCUT2D eigenvalue weighted by atomic mass is 16.5. The number of nitrogens with zero attached hydrogens (tertiary/aromatic N) is 1. The molecule has 1 heterocycles. The molecule has 0 aromatic heterocycles. The van der Waals surface area contributed by atoms with Crippen LogP contribution >= 0.6 is 0 Å². The highest BCUT2D eigenvalue weighted by Gasteiger charge is 2.28. The summed E-state index contributed by atoms with van der Waals surface area (Å²) >= 11 is 0. The molecule has 2 atom stereocenters. The van der Waals surface area contributed by atoms with E-state index in [9.17, 15) is 0 Å². The van der Waals surface area contributed by atoms with E-state index >= 15 is 0 Å². The lowest BCUT2D eigenvalue weighted by Gasteiger charge is -2.29. The van der Waals surface area contributed by atoms with E-state index in [1.54, 1.807) is 7.11 Å². The zero-order valence-electron chi connectivity index (χ0n) is 14.2. The van der Waals surface area contributed by atoms with Crippen LogP contribution < -0.4 is 5.32 Å². The van der Waals surface area contributed by atoms with Crippen LogP contribution in [0.15, 0.2) is 0 Å². The van der Waals surface area contributed by atoms with Crippen LogP contribution in [0.25, 0.3) is 0 Å². The highest BCUT2D eigenvalue weighted by Crippen LogP contribution is 2.21. The summed E-state index contributed by atoms with van der Waals surface area (Å²) < 4.78 is 11.4. The quantitative estimate of drug-likeness (QED) is 0.742. The molecule has 1 N–H and O–H groups in total. The molecular weight excluding hydrogens is 252 g/mol. The number of hydrogen-bond donors (Lipinski definition) is 1. The first-order valence-electron chi connectivity index (χ1n) is 7.95. The summed E-state index contributed by atoms with van der Waals surface area (Å²) in [4.78, 5) is 2.45. The fourth-order valence-electron chi connectivity index (χ4n) is 2.51. The first-order chi connectivity index (χ1) is 9.31. The van der Waals surface area contributed by atoms with Crippen molar-refractivity contribution in [2.45, 2.75) is 71.2 Å². The standard InChI is InChI=1S/C16H34N2O2/c1-13(2)18(9-10-19-6)12-15-8-7-14(20-15)11-17-16(3,4)5/h13-15,17H,7-12H2,1-6H3. The predicted molar refractivity (Wildman–Crippen MR) is 84.2 cm³/mol. The largest absolute Gasteiger partial charge is 0.383 e. The molecule has 0 saturated carbocycles. The third kappa shape index (κ3) is 7.02. The van der Waals surface area contributed by atoms with E-state index < -0.39 is 0 Å². The summed E-state index contributed by atoms with van der Waals surface area (Å²) in [5.41, 5.74) is 0.171. The number of methoxy groups -OCH3 is 1. The van der Waals surface area contributed by atoms with Crippen LogP contribution in [-0.2, 0) is 9.47 Å². The maximum atomic E-state index is 6.17. The fourth-order valence-corrected chi connectivity index (χ4v) is 2.51. The van der Waals surface area contributed by atoms with Gasteiger partial charge in [-0.2, -0.15) is 0 Å². The highest BCUT2D eigenvalue weighted by molar-refractivity contribution is 4.81. The Labute approximate surface area is 125 Å². The molecule has 0 aromatic carbocycles. The number of ether oxygens (including phenoxy) is 2. The lowest BCUT2D eigenvalue weighted by molar-refractivity contribution is 0.00978. The summed E-state index contributed by atoms with van der Waals surface area (Å²) in [5, 5.41) is 3.54. The fraction of sp³-hybridized carbons (Fsp3) is 1.00. The van der Waals surface area contributed by atoms with E-state index in [0.717, 1.165) is 26.2 Å². The van der Waals surface area contributed by atoms with E-state index in [0.29, 0.717) is 18.2 Å². The van der Waals surface area contributed by atoms with E-state index in [2.05, 4.69) is 44.8 Å². The summed E-state index contributed by atoms with van der Waals surface area (Å²) in [6.45, 7) is 14.8. The van der Waals surface area contributed by atoms with Crippen molar-refractivity contribution < 1.29 is 9.47 Å². The van der Waals surface area contributed by atoms with Gasteiger partial charge in [0.25, 0.3) is 0 Å². The third-order valence-corrected chi connectivity index (χ3v) is 3.81. The Kier molecular flexibility index (Phi) is 7.45. The zero-order valence-corrected chi connectivity index (χ0v) is 14.2. The first kappa shape index (κ1) is 17.9. The van der Waals surface area contributed by atoms with Gasteiger partial charge in [0.05, 0.1) is 18.8 Å². The molecule has 20 heavy (non-hydrogen) atoms. The number of hydrogen-bond acceptors (Lipinski definition) is 4. The molecule has 1 saturated heterocycles. The lowest BCUT2D eigenvalue weighted by Crippen LogP contribution is -2.42. The maximum absolute atomic E-state index is 6.17. The van der Waals surface area contributed by atoms with Gasteiger partial charge in [-0.15, -0.1) is 0 Å².